The molecule has 1 N–H and O–H groups in total. The molecule has 0 spiro atoms. The molecule has 100 valence electrons. The summed E-state index contributed by atoms with van der Waals surface area (Å²) in [7, 11) is 1.57. The number of rotatable bonds is 3. The van der Waals surface area contributed by atoms with Crippen LogP contribution in [0, 0.1) is 6.92 Å². The van der Waals surface area contributed by atoms with Crippen molar-refractivity contribution in [3.8, 4) is 5.75 Å². The zero-order valence-electron chi connectivity index (χ0n) is 11.0. The van der Waals surface area contributed by atoms with Crippen LogP contribution in [0.1, 0.15) is 30.6 Å². The van der Waals surface area contributed by atoms with Gasteiger partial charge in [0, 0.05) is 5.39 Å². The molecule has 0 amide bonds. The Hall–Kier alpha value is -1.97. The maximum Gasteiger partial charge on any atom is 0.314 e. The smallest absolute Gasteiger partial charge is 0.314 e. The Morgan fingerprint density at radius 2 is 2.11 bits per heavy atom. The first-order valence-electron chi connectivity index (χ1n) is 6.39. The number of carboxylic acids is 1. The average Bonchev–Trinajstić information content (AvgIpc) is 2.66. The Kier molecular flexibility index (Phi) is 2.55. The van der Waals surface area contributed by atoms with Gasteiger partial charge < -0.3 is 14.3 Å². The van der Waals surface area contributed by atoms with Gasteiger partial charge in [-0.05, 0) is 43.5 Å². The molecule has 1 heterocycles. The number of aryl methyl sites for hydroxylation is 1. The minimum absolute atomic E-state index is 0.605. The Morgan fingerprint density at radius 3 is 2.63 bits per heavy atom. The summed E-state index contributed by atoms with van der Waals surface area (Å²) in [5, 5.41) is 10.4. The number of hydrogen-bond acceptors (Lipinski definition) is 3. The van der Waals surface area contributed by atoms with E-state index in [-0.39, 0.29) is 0 Å². The molecule has 1 aromatic carbocycles. The van der Waals surface area contributed by atoms with Gasteiger partial charge in [-0.15, -0.1) is 0 Å². The van der Waals surface area contributed by atoms with E-state index in [1.54, 1.807) is 13.2 Å². The van der Waals surface area contributed by atoms with E-state index in [0.29, 0.717) is 24.2 Å². The number of hydrogen-bond donors (Lipinski definition) is 1. The van der Waals surface area contributed by atoms with E-state index in [4.69, 9.17) is 9.15 Å². The standard InChI is InChI=1S/C15H16O4/c1-9-6-10-7-11(8-12(18-2)13(10)19-9)15(14(16)17)4-3-5-15/h6-8H,3-5H2,1-2H3,(H,16,17). The molecule has 0 aliphatic heterocycles. The topological polar surface area (TPSA) is 59.7 Å². The minimum atomic E-state index is -0.750. The predicted molar refractivity (Wildman–Crippen MR) is 70.7 cm³/mol. The van der Waals surface area contributed by atoms with Crippen LogP contribution in [-0.4, -0.2) is 18.2 Å². The van der Waals surface area contributed by atoms with Gasteiger partial charge >= 0.3 is 5.97 Å². The lowest BCUT2D eigenvalue weighted by Gasteiger charge is -2.38. The predicted octanol–water partition coefficient (Wildman–Crippen LogP) is 3.26. The van der Waals surface area contributed by atoms with Gasteiger partial charge in [0.2, 0.25) is 0 Å². The summed E-state index contributed by atoms with van der Waals surface area (Å²) in [6.07, 6.45) is 2.33. The lowest BCUT2D eigenvalue weighted by molar-refractivity contribution is -0.147. The number of furan rings is 1. The molecule has 1 aliphatic carbocycles. The highest BCUT2D eigenvalue weighted by molar-refractivity contribution is 5.89. The normalized spacial score (nSPS) is 17.2. The number of aliphatic carboxylic acids is 1. The van der Waals surface area contributed by atoms with Gasteiger partial charge in [-0.2, -0.15) is 0 Å². The van der Waals surface area contributed by atoms with Crippen LogP contribution in [0.15, 0.2) is 22.6 Å². The molecule has 1 fully saturated rings. The van der Waals surface area contributed by atoms with E-state index in [0.717, 1.165) is 23.1 Å². The summed E-state index contributed by atoms with van der Waals surface area (Å²) in [6.45, 7) is 1.87. The van der Waals surface area contributed by atoms with Crippen molar-refractivity contribution in [3.05, 3.63) is 29.5 Å². The van der Waals surface area contributed by atoms with E-state index in [1.807, 2.05) is 19.1 Å². The first-order chi connectivity index (χ1) is 9.06. The summed E-state index contributed by atoms with van der Waals surface area (Å²) in [5.74, 6) is 0.650. The monoisotopic (exact) mass is 260 g/mol. The third-order valence-electron chi connectivity index (χ3n) is 4.09. The van der Waals surface area contributed by atoms with Gasteiger partial charge in [-0.1, -0.05) is 6.42 Å². The highest BCUT2D eigenvalue weighted by Crippen LogP contribution is 2.46. The molecule has 4 heteroatoms. The number of benzene rings is 1. The molecule has 0 unspecified atom stereocenters. The molecule has 19 heavy (non-hydrogen) atoms. The second kappa shape index (κ2) is 4.02. The summed E-state index contributed by atoms with van der Waals surface area (Å²) < 4.78 is 10.9. The Bertz CT molecular complexity index is 649. The molecule has 0 bridgehead atoms. The number of methoxy groups -OCH3 is 1. The first kappa shape index (κ1) is 12.1. The number of carboxylic acid groups (broad SMARTS) is 1. The van der Waals surface area contributed by atoms with Gasteiger partial charge in [-0.25, -0.2) is 0 Å². The van der Waals surface area contributed by atoms with Crippen LogP contribution in [0.4, 0.5) is 0 Å². The van der Waals surface area contributed by atoms with Crippen molar-refractivity contribution in [1.29, 1.82) is 0 Å². The third-order valence-corrected chi connectivity index (χ3v) is 4.09. The molecule has 1 aromatic heterocycles. The fraction of sp³-hybridized carbons (Fsp3) is 0.400. The molecule has 1 saturated carbocycles. The molecule has 0 radical (unpaired) electrons. The second-order valence-electron chi connectivity index (χ2n) is 5.19. The molecule has 4 nitrogen and oxygen atoms in total. The Morgan fingerprint density at radius 1 is 1.37 bits per heavy atom. The average molecular weight is 260 g/mol. The van der Waals surface area contributed by atoms with Crippen LogP contribution >= 0.6 is 0 Å². The van der Waals surface area contributed by atoms with Gasteiger partial charge in [-0.3, -0.25) is 4.79 Å². The van der Waals surface area contributed by atoms with Crippen molar-refractivity contribution in [1.82, 2.24) is 0 Å². The van der Waals surface area contributed by atoms with Crippen molar-refractivity contribution in [3.63, 3.8) is 0 Å². The van der Waals surface area contributed by atoms with Crippen LogP contribution in [0.25, 0.3) is 11.0 Å². The van der Waals surface area contributed by atoms with E-state index >= 15 is 0 Å². The van der Waals surface area contributed by atoms with Crippen LogP contribution in [0.2, 0.25) is 0 Å². The van der Waals surface area contributed by atoms with E-state index in [2.05, 4.69) is 0 Å². The van der Waals surface area contributed by atoms with Gasteiger partial charge in [0.25, 0.3) is 0 Å². The molecule has 0 atom stereocenters. The van der Waals surface area contributed by atoms with Crippen molar-refractivity contribution >= 4 is 16.9 Å². The van der Waals surface area contributed by atoms with E-state index in [1.165, 1.54) is 0 Å². The molecule has 3 rings (SSSR count). The highest BCUT2D eigenvalue weighted by atomic mass is 16.5. The zero-order chi connectivity index (χ0) is 13.6. The number of carbonyl (C=O) groups is 1. The van der Waals surface area contributed by atoms with Crippen molar-refractivity contribution < 1.29 is 19.1 Å². The first-order valence-corrected chi connectivity index (χ1v) is 6.39. The lowest BCUT2D eigenvalue weighted by atomic mass is 9.64. The fourth-order valence-corrected chi connectivity index (χ4v) is 2.83. The SMILES string of the molecule is COc1cc(C2(C(=O)O)CCC2)cc2cc(C)oc12. The molecule has 1 aliphatic rings. The minimum Gasteiger partial charge on any atom is -0.493 e. The Balaban J connectivity index is 2.22. The second-order valence-corrected chi connectivity index (χ2v) is 5.19. The summed E-state index contributed by atoms with van der Waals surface area (Å²) in [6, 6.07) is 5.63. The van der Waals surface area contributed by atoms with E-state index < -0.39 is 11.4 Å². The van der Waals surface area contributed by atoms with Gasteiger partial charge in [0.15, 0.2) is 11.3 Å². The maximum absolute atomic E-state index is 11.6. The van der Waals surface area contributed by atoms with Crippen LogP contribution in [0.3, 0.4) is 0 Å². The van der Waals surface area contributed by atoms with Crippen LogP contribution < -0.4 is 4.74 Å². The van der Waals surface area contributed by atoms with Gasteiger partial charge in [0.1, 0.15) is 5.76 Å². The van der Waals surface area contributed by atoms with Crippen LogP contribution in [0.5, 0.6) is 5.75 Å². The summed E-state index contributed by atoms with van der Waals surface area (Å²) in [5.41, 5.74) is 0.757. The highest BCUT2D eigenvalue weighted by Gasteiger charge is 2.46. The molecule has 0 saturated heterocycles. The van der Waals surface area contributed by atoms with Crippen molar-refractivity contribution in [2.24, 2.45) is 0 Å². The van der Waals surface area contributed by atoms with Gasteiger partial charge in [0.05, 0.1) is 12.5 Å². The summed E-state index contributed by atoms with van der Waals surface area (Å²) in [4.78, 5) is 11.6. The largest absolute Gasteiger partial charge is 0.493 e. The number of ether oxygens (including phenoxy) is 1. The summed E-state index contributed by atoms with van der Waals surface area (Å²) >= 11 is 0. The van der Waals surface area contributed by atoms with Crippen LogP contribution in [-0.2, 0) is 10.2 Å². The van der Waals surface area contributed by atoms with E-state index in [9.17, 15) is 9.90 Å². The quantitative estimate of drug-likeness (QED) is 0.920. The third kappa shape index (κ3) is 1.63. The lowest BCUT2D eigenvalue weighted by Crippen LogP contribution is -2.42. The molecular formula is C15H16O4. The molecular weight excluding hydrogens is 244 g/mol. The number of fused-ring (bicyclic) bond motifs is 1. The Labute approximate surface area is 111 Å². The fourth-order valence-electron chi connectivity index (χ4n) is 2.83. The molecule has 2 aromatic rings. The maximum atomic E-state index is 11.6. The zero-order valence-corrected chi connectivity index (χ0v) is 11.0. The van der Waals surface area contributed by atoms with Crippen molar-refractivity contribution in [2.45, 2.75) is 31.6 Å². The van der Waals surface area contributed by atoms with Crippen molar-refractivity contribution in [2.75, 3.05) is 7.11 Å².